The number of anilines is 1. The fraction of sp³-hybridized carbons (Fsp3) is 0.333. The zero-order chi connectivity index (χ0) is 15.2. The van der Waals surface area contributed by atoms with Crippen LogP contribution >= 0.6 is 15.9 Å². The lowest BCUT2D eigenvalue weighted by molar-refractivity contribution is 0.330. The lowest BCUT2D eigenvalue weighted by Gasteiger charge is -2.14. The first-order chi connectivity index (χ1) is 10.1. The van der Waals surface area contributed by atoms with E-state index in [9.17, 15) is 0 Å². The molecule has 0 heterocycles. The third-order valence-electron chi connectivity index (χ3n) is 3.43. The van der Waals surface area contributed by atoms with Crippen LogP contribution < -0.4 is 10.1 Å². The minimum atomic E-state index is 0.520. The number of ether oxygens (including phenoxy) is 1. The SMILES string of the molecule is Cc1ccc(C(C)C)cc1OCCNc1ccccc1Br. The highest BCUT2D eigenvalue weighted by Crippen LogP contribution is 2.24. The van der Waals surface area contributed by atoms with Crippen molar-refractivity contribution in [3.8, 4) is 5.75 Å². The van der Waals surface area contributed by atoms with E-state index in [2.05, 4.69) is 66.3 Å². The first-order valence-corrected chi connectivity index (χ1v) is 8.09. The summed E-state index contributed by atoms with van der Waals surface area (Å²) in [5, 5.41) is 3.37. The fourth-order valence-electron chi connectivity index (χ4n) is 2.08. The van der Waals surface area contributed by atoms with E-state index >= 15 is 0 Å². The maximum Gasteiger partial charge on any atom is 0.122 e. The van der Waals surface area contributed by atoms with E-state index in [1.807, 2.05) is 18.2 Å². The van der Waals surface area contributed by atoms with Crippen LogP contribution in [0.2, 0.25) is 0 Å². The first kappa shape index (κ1) is 15.9. The predicted octanol–water partition coefficient (Wildman–Crippen LogP) is 5.37. The third-order valence-corrected chi connectivity index (χ3v) is 4.12. The Balaban J connectivity index is 1.89. The number of halogens is 1. The van der Waals surface area contributed by atoms with Crippen molar-refractivity contribution in [1.82, 2.24) is 0 Å². The maximum atomic E-state index is 5.91. The van der Waals surface area contributed by atoms with E-state index in [0.717, 1.165) is 22.5 Å². The average Bonchev–Trinajstić information content (AvgIpc) is 2.46. The van der Waals surface area contributed by atoms with Crippen molar-refractivity contribution in [1.29, 1.82) is 0 Å². The van der Waals surface area contributed by atoms with Gasteiger partial charge in [0.25, 0.3) is 0 Å². The van der Waals surface area contributed by atoms with Crippen LogP contribution in [0.3, 0.4) is 0 Å². The Morgan fingerprint density at radius 3 is 2.62 bits per heavy atom. The molecule has 112 valence electrons. The van der Waals surface area contributed by atoms with Gasteiger partial charge in [0.2, 0.25) is 0 Å². The Labute approximate surface area is 135 Å². The zero-order valence-corrected chi connectivity index (χ0v) is 14.4. The van der Waals surface area contributed by atoms with E-state index in [-0.39, 0.29) is 0 Å². The Bertz CT molecular complexity index is 596. The van der Waals surface area contributed by atoms with Crippen LogP contribution in [0, 0.1) is 6.92 Å². The van der Waals surface area contributed by atoms with Crippen LogP contribution in [0.1, 0.15) is 30.9 Å². The molecule has 0 atom stereocenters. The molecule has 0 aliphatic carbocycles. The molecule has 2 rings (SSSR count). The Morgan fingerprint density at radius 1 is 1.14 bits per heavy atom. The second kappa shape index (κ2) is 7.51. The Kier molecular flexibility index (Phi) is 5.68. The molecule has 21 heavy (non-hydrogen) atoms. The minimum absolute atomic E-state index is 0.520. The fourth-order valence-corrected chi connectivity index (χ4v) is 2.51. The summed E-state index contributed by atoms with van der Waals surface area (Å²) < 4.78 is 6.98. The van der Waals surface area contributed by atoms with Crippen molar-refractivity contribution in [2.24, 2.45) is 0 Å². The van der Waals surface area contributed by atoms with E-state index < -0.39 is 0 Å². The number of para-hydroxylation sites is 1. The van der Waals surface area contributed by atoms with Crippen molar-refractivity contribution in [2.75, 3.05) is 18.5 Å². The molecule has 0 bridgehead atoms. The van der Waals surface area contributed by atoms with Crippen LogP contribution in [0.4, 0.5) is 5.69 Å². The molecule has 3 heteroatoms. The molecule has 0 aromatic heterocycles. The van der Waals surface area contributed by atoms with Crippen molar-refractivity contribution in [3.05, 3.63) is 58.1 Å². The van der Waals surface area contributed by atoms with Gasteiger partial charge in [0, 0.05) is 16.7 Å². The monoisotopic (exact) mass is 347 g/mol. The molecule has 0 fully saturated rings. The van der Waals surface area contributed by atoms with Gasteiger partial charge in [-0.1, -0.05) is 38.1 Å². The van der Waals surface area contributed by atoms with Gasteiger partial charge in [-0.2, -0.15) is 0 Å². The molecule has 0 aliphatic rings. The third kappa shape index (κ3) is 4.50. The zero-order valence-electron chi connectivity index (χ0n) is 12.8. The summed E-state index contributed by atoms with van der Waals surface area (Å²) in [6, 6.07) is 14.6. The number of aryl methyl sites for hydroxylation is 1. The van der Waals surface area contributed by atoms with Gasteiger partial charge in [0.15, 0.2) is 0 Å². The molecule has 0 aliphatic heterocycles. The molecule has 0 radical (unpaired) electrons. The van der Waals surface area contributed by atoms with E-state index in [0.29, 0.717) is 12.5 Å². The highest BCUT2D eigenvalue weighted by atomic mass is 79.9. The van der Waals surface area contributed by atoms with Crippen LogP contribution in [0.5, 0.6) is 5.75 Å². The standard InChI is InChI=1S/C18H22BrNO/c1-13(2)15-9-8-14(3)18(12-15)21-11-10-20-17-7-5-4-6-16(17)19/h4-9,12-13,20H,10-11H2,1-3H3. The molecule has 0 saturated heterocycles. The van der Waals surface area contributed by atoms with Gasteiger partial charge in [-0.25, -0.2) is 0 Å². The number of benzene rings is 2. The van der Waals surface area contributed by atoms with Crippen molar-refractivity contribution in [3.63, 3.8) is 0 Å². The number of hydrogen-bond acceptors (Lipinski definition) is 2. The lowest BCUT2D eigenvalue weighted by atomic mass is 10.0. The molecule has 1 N–H and O–H groups in total. The predicted molar refractivity (Wildman–Crippen MR) is 93.4 cm³/mol. The van der Waals surface area contributed by atoms with Crippen LogP contribution in [-0.2, 0) is 0 Å². The summed E-state index contributed by atoms with van der Waals surface area (Å²) in [4.78, 5) is 0. The quantitative estimate of drug-likeness (QED) is 0.709. The Hall–Kier alpha value is -1.48. The van der Waals surface area contributed by atoms with Crippen LogP contribution in [0.25, 0.3) is 0 Å². The Morgan fingerprint density at radius 2 is 1.90 bits per heavy atom. The van der Waals surface area contributed by atoms with Gasteiger partial charge in [0.1, 0.15) is 12.4 Å². The second-order valence-electron chi connectivity index (χ2n) is 5.43. The molecule has 2 aromatic carbocycles. The molecule has 0 amide bonds. The topological polar surface area (TPSA) is 21.3 Å². The first-order valence-electron chi connectivity index (χ1n) is 7.29. The van der Waals surface area contributed by atoms with Crippen molar-refractivity contribution in [2.45, 2.75) is 26.7 Å². The summed E-state index contributed by atoms with van der Waals surface area (Å²) in [5.41, 5.74) is 3.59. The smallest absolute Gasteiger partial charge is 0.122 e. The highest BCUT2D eigenvalue weighted by molar-refractivity contribution is 9.10. The van der Waals surface area contributed by atoms with Crippen molar-refractivity contribution < 1.29 is 4.74 Å². The number of hydrogen-bond donors (Lipinski definition) is 1. The highest BCUT2D eigenvalue weighted by Gasteiger charge is 2.05. The van der Waals surface area contributed by atoms with Crippen molar-refractivity contribution >= 4 is 21.6 Å². The molecule has 2 aromatic rings. The molecular formula is C18H22BrNO. The van der Waals surface area contributed by atoms with Gasteiger partial charge in [-0.05, 0) is 58.1 Å². The summed E-state index contributed by atoms with van der Waals surface area (Å²) in [5.74, 6) is 1.50. The van der Waals surface area contributed by atoms with Gasteiger partial charge in [-0.3, -0.25) is 0 Å². The van der Waals surface area contributed by atoms with E-state index in [1.54, 1.807) is 0 Å². The maximum absolute atomic E-state index is 5.91. The average molecular weight is 348 g/mol. The molecule has 0 spiro atoms. The molecule has 2 nitrogen and oxygen atoms in total. The molecule has 0 saturated carbocycles. The van der Waals surface area contributed by atoms with E-state index in [4.69, 9.17) is 4.74 Å². The van der Waals surface area contributed by atoms with Crippen LogP contribution in [-0.4, -0.2) is 13.2 Å². The van der Waals surface area contributed by atoms with Gasteiger partial charge >= 0.3 is 0 Å². The summed E-state index contributed by atoms with van der Waals surface area (Å²) >= 11 is 3.53. The summed E-state index contributed by atoms with van der Waals surface area (Å²) in [7, 11) is 0. The minimum Gasteiger partial charge on any atom is -0.491 e. The normalized spacial score (nSPS) is 10.7. The summed E-state index contributed by atoms with van der Waals surface area (Å²) in [6.45, 7) is 7.89. The lowest BCUT2D eigenvalue weighted by Crippen LogP contribution is -2.12. The molecule has 0 unspecified atom stereocenters. The van der Waals surface area contributed by atoms with E-state index in [1.165, 1.54) is 11.1 Å². The second-order valence-corrected chi connectivity index (χ2v) is 6.29. The summed E-state index contributed by atoms with van der Waals surface area (Å²) in [6.07, 6.45) is 0. The van der Waals surface area contributed by atoms with Gasteiger partial charge in [-0.15, -0.1) is 0 Å². The number of rotatable bonds is 6. The molecular weight excluding hydrogens is 326 g/mol. The van der Waals surface area contributed by atoms with Gasteiger partial charge < -0.3 is 10.1 Å². The van der Waals surface area contributed by atoms with Crippen LogP contribution in [0.15, 0.2) is 46.9 Å². The van der Waals surface area contributed by atoms with Gasteiger partial charge in [0.05, 0.1) is 0 Å². The number of nitrogens with one attached hydrogen (secondary N) is 1. The largest absolute Gasteiger partial charge is 0.491 e.